The molecule has 0 aliphatic heterocycles. The Kier molecular flexibility index (Phi) is 5.46. The summed E-state index contributed by atoms with van der Waals surface area (Å²) < 4.78 is 1.97. The lowest BCUT2D eigenvalue weighted by Crippen LogP contribution is -2.41. The summed E-state index contributed by atoms with van der Waals surface area (Å²) >= 11 is 0. The fourth-order valence-electron chi connectivity index (χ4n) is 4.18. The van der Waals surface area contributed by atoms with Crippen LogP contribution in [0.3, 0.4) is 0 Å². The number of nitrogen functional groups attached to an aromatic ring is 2. The van der Waals surface area contributed by atoms with Crippen LogP contribution in [0.15, 0.2) is 48.5 Å². The van der Waals surface area contributed by atoms with E-state index < -0.39 is 0 Å². The van der Waals surface area contributed by atoms with Crippen LogP contribution >= 0.6 is 0 Å². The van der Waals surface area contributed by atoms with Gasteiger partial charge in [-0.1, -0.05) is 24.3 Å². The van der Waals surface area contributed by atoms with E-state index in [1.54, 1.807) is 6.07 Å². The summed E-state index contributed by atoms with van der Waals surface area (Å²) in [6.07, 6.45) is 3.66. The third kappa shape index (κ3) is 4.16. The van der Waals surface area contributed by atoms with Gasteiger partial charge >= 0.3 is 0 Å². The Balaban J connectivity index is 1.71. The summed E-state index contributed by atoms with van der Waals surface area (Å²) in [6.45, 7) is 0.494. The number of nitrogens with zero attached hydrogens (tertiary/aromatic N) is 1. The van der Waals surface area contributed by atoms with Gasteiger partial charge < -0.3 is 27.1 Å². The normalized spacial score (nSPS) is 19.0. The molecule has 1 fully saturated rings. The Morgan fingerprint density at radius 1 is 1.10 bits per heavy atom. The summed E-state index contributed by atoms with van der Waals surface area (Å²) in [5.41, 5.74) is 21.4. The van der Waals surface area contributed by atoms with Gasteiger partial charge in [-0.15, -0.1) is 0 Å². The molecule has 0 saturated heterocycles. The molecule has 2 aromatic carbocycles. The lowest BCUT2D eigenvalue weighted by molar-refractivity contribution is 0.0917. The summed E-state index contributed by atoms with van der Waals surface area (Å²) in [5.74, 6) is -0.0990. The van der Waals surface area contributed by atoms with Crippen molar-refractivity contribution >= 4 is 28.3 Å². The zero-order valence-corrected chi connectivity index (χ0v) is 16.9. The monoisotopic (exact) mass is 404 g/mol. The molecule has 4 rings (SSSR count). The molecule has 1 aliphatic carbocycles. The average molecular weight is 405 g/mol. The van der Waals surface area contributed by atoms with E-state index in [1.165, 1.54) is 0 Å². The molecular weight excluding hydrogens is 376 g/mol. The highest BCUT2D eigenvalue weighted by Gasteiger charge is 2.23. The molecule has 0 bridgehead atoms. The van der Waals surface area contributed by atoms with Crippen LogP contribution in [0.4, 0.5) is 5.69 Å². The van der Waals surface area contributed by atoms with Crippen molar-refractivity contribution in [3.63, 3.8) is 0 Å². The largest absolute Gasteiger partial charge is 0.399 e. The van der Waals surface area contributed by atoms with Gasteiger partial charge in [-0.2, -0.15) is 0 Å². The second-order valence-corrected chi connectivity index (χ2v) is 8.13. The highest BCUT2D eigenvalue weighted by molar-refractivity contribution is 6.02. The summed E-state index contributed by atoms with van der Waals surface area (Å²) in [6, 6.07) is 15.5. The first-order valence-electron chi connectivity index (χ1n) is 10.3. The van der Waals surface area contributed by atoms with Gasteiger partial charge in [0.05, 0.1) is 0 Å². The molecule has 7 nitrogen and oxygen atoms in total. The number of amides is 1. The number of nitrogens with one attached hydrogen (secondary N) is 2. The number of hydrogen-bond acceptors (Lipinski definition) is 4. The molecule has 0 atom stereocenters. The van der Waals surface area contributed by atoms with Crippen LogP contribution in [0.25, 0.3) is 10.9 Å². The predicted octanol–water partition coefficient (Wildman–Crippen LogP) is 2.56. The molecule has 1 heterocycles. The number of benzene rings is 2. The predicted molar refractivity (Wildman–Crippen MR) is 121 cm³/mol. The molecule has 1 aromatic heterocycles. The maximum atomic E-state index is 13.2. The van der Waals surface area contributed by atoms with Gasteiger partial charge in [-0.25, -0.2) is 0 Å². The molecule has 0 spiro atoms. The Morgan fingerprint density at radius 2 is 1.87 bits per heavy atom. The molecule has 1 amide bonds. The molecule has 156 valence electrons. The molecule has 7 heteroatoms. The van der Waals surface area contributed by atoms with Crippen molar-refractivity contribution < 1.29 is 4.79 Å². The molecule has 8 N–H and O–H groups in total. The quantitative estimate of drug-likeness (QED) is 0.254. The highest BCUT2D eigenvalue weighted by atomic mass is 16.2. The molecule has 0 radical (unpaired) electrons. The average Bonchev–Trinajstić information content (AvgIpc) is 3.07. The zero-order chi connectivity index (χ0) is 21.3. The van der Waals surface area contributed by atoms with Crippen molar-refractivity contribution in [2.24, 2.45) is 11.5 Å². The van der Waals surface area contributed by atoms with Gasteiger partial charge in [0.25, 0.3) is 5.91 Å². The minimum atomic E-state index is -0.0973. The molecule has 0 unspecified atom stereocenters. The van der Waals surface area contributed by atoms with Crippen molar-refractivity contribution in [1.29, 1.82) is 5.41 Å². The van der Waals surface area contributed by atoms with E-state index in [0.717, 1.165) is 42.1 Å². The van der Waals surface area contributed by atoms with E-state index in [4.69, 9.17) is 22.6 Å². The number of anilines is 1. The number of carbonyl (C=O) groups excluding carboxylic acids is 1. The fourth-order valence-corrected chi connectivity index (χ4v) is 4.18. The Labute approximate surface area is 175 Å². The first-order valence-corrected chi connectivity index (χ1v) is 10.3. The molecule has 1 aliphatic rings. The van der Waals surface area contributed by atoms with Gasteiger partial charge in [0.2, 0.25) is 0 Å². The van der Waals surface area contributed by atoms with Crippen molar-refractivity contribution in [3.8, 4) is 0 Å². The van der Waals surface area contributed by atoms with Crippen molar-refractivity contribution in [1.82, 2.24) is 9.88 Å². The lowest BCUT2D eigenvalue weighted by atomic mass is 9.92. The first kappa shape index (κ1) is 20.0. The topological polar surface area (TPSA) is 136 Å². The third-order valence-corrected chi connectivity index (χ3v) is 5.85. The lowest BCUT2D eigenvalue weighted by Gasteiger charge is -2.27. The van der Waals surface area contributed by atoms with Crippen LogP contribution in [-0.2, 0) is 6.54 Å². The van der Waals surface area contributed by atoms with E-state index in [9.17, 15) is 4.79 Å². The highest BCUT2D eigenvalue weighted by Crippen LogP contribution is 2.24. The van der Waals surface area contributed by atoms with Crippen LogP contribution in [0.5, 0.6) is 0 Å². The van der Waals surface area contributed by atoms with Gasteiger partial charge in [-0.3, -0.25) is 10.2 Å². The van der Waals surface area contributed by atoms with Crippen molar-refractivity contribution in [2.75, 3.05) is 5.73 Å². The fraction of sp³-hybridized carbons (Fsp3) is 0.304. The van der Waals surface area contributed by atoms with Gasteiger partial charge in [0, 0.05) is 40.8 Å². The van der Waals surface area contributed by atoms with Crippen LogP contribution in [0.1, 0.15) is 47.3 Å². The number of amidine groups is 1. The summed E-state index contributed by atoms with van der Waals surface area (Å²) in [4.78, 5) is 13.2. The third-order valence-electron chi connectivity index (χ3n) is 5.85. The minimum Gasteiger partial charge on any atom is -0.399 e. The maximum Gasteiger partial charge on any atom is 0.268 e. The second kappa shape index (κ2) is 8.20. The standard InChI is InChI=1S/C23H28N6O/c24-17-6-8-19(9-7-17)28-23(30)21-11-15-4-5-16(22(26)27)12-20(15)29(21)13-14-2-1-3-18(25)10-14/h1-5,10-12,17,19H,6-9,13,24-25H2,(H3,26,27)(H,28,30)/t17-,19-. The van der Waals surface area contributed by atoms with Gasteiger partial charge in [0.15, 0.2) is 0 Å². The van der Waals surface area contributed by atoms with E-state index in [1.807, 2.05) is 47.0 Å². The van der Waals surface area contributed by atoms with Crippen molar-refractivity contribution in [3.05, 3.63) is 65.4 Å². The number of fused-ring (bicyclic) bond motifs is 1. The van der Waals surface area contributed by atoms with Crippen LogP contribution < -0.4 is 22.5 Å². The Hall–Kier alpha value is -3.32. The molecule has 3 aromatic rings. The molecule has 1 saturated carbocycles. The number of carbonyl (C=O) groups is 1. The van der Waals surface area contributed by atoms with E-state index in [0.29, 0.717) is 23.5 Å². The van der Waals surface area contributed by atoms with Gasteiger partial charge in [-0.05, 0) is 55.5 Å². The smallest absolute Gasteiger partial charge is 0.268 e. The second-order valence-electron chi connectivity index (χ2n) is 8.13. The zero-order valence-electron chi connectivity index (χ0n) is 16.9. The molecular formula is C23H28N6O. The van der Waals surface area contributed by atoms with Crippen LogP contribution in [0, 0.1) is 5.41 Å². The molecule has 30 heavy (non-hydrogen) atoms. The van der Waals surface area contributed by atoms with E-state index >= 15 is 0 Å². The van der Waals surface area contributed by atoms with E-state index in [-0.39, 0.29) is 23.8 Å². The van der Waals surface area contributed by atoms with Gasteiger partial charge in [0.1, 0.15) is 11.5 Å². The number of aromatic nitrogens is 1. The van der Waals surface area contributed by atoms with Crippen LogP contribution in [0.2, 0.25) is 0 Å². The van der Waals surface area contributed by atoms with Crippen molar-refractivity contribution in [2.45, 2.75) is 44.3 Å². The Bertz CT molecular complexity index is 1090. The summed E-state index contributed by atoms with van der Waals surface area (Å²) in [5, 5.41) is 11.9. The Morgan fingerprint density at radius 3 is 2.57 bits per heavy atom. The number of hydrogen-bond donors (Lipinski definition) is 5. The summed E-state index contributed by atoms with van der Waals surface area (Å²) in [7, 11) is 0. The minimum absolute atomic E-state index is 0.00171. The number of rotatable bonds is 5. The maximum absolute atomic E-state index is 13.2. The van der Waals surface area contributed by atoms with Crippen LogP contribution in [-0.4, -0.2) is 28.4 Å². The first-order chi connectivity index (χ1) is 14.4. The SMILES string of the molecule is N=C(N)c1ccc2cc(C(=O)N[C@H]3CC[C@H](N)CC3)n(Cc3cccc(N)c3)c2c1. The number of nitrogens with two attached hydrogens (primary N) is 3. The van der Waals surface area contributed by atoms with E-state index in [2.05, 4.69) is 5.32 Å².